The molecule has 0 aliphatic rings. The molecule has 0 heterocycles. The number of hydrogen-bond acceptors (Lipinski definition) is 2. The van der Waals surface area contributed by atoms with Gasteiger partial charge in [-0.1, -0.05) is 41.5 Å². The first-order chi connectivity index (χ1) is 7.72. The molecule has 0 aromatic carbocycles. The van der Waals surface area contributed by atoms with Crippen LogP contribution in [-0.2, 0) is 0 Å². The summed E-state index contributed by atoms with van der Waals surface area (Å²) >= 11 is 0. The van der Waals surface area contributed by atoms with Crippen LogP contribution >= 0.6 is 0 Å². The topological polar surface area (TPSA) is 24.1 Å². The standard InChI is InChI=1S/C10H24N2.2C2H6/c1-9(5-7-11-3)10(2)6-8-12-4;2*1-2/h9-12H,5-8H2,1-4H3;2*1-2H3. The molecular weight excluding hydrogens is 196 g/mol. The van der Waals surface area contributed by atoms with Crippen LogP contribution < -0.4 is 10.6 Å². The van der Waals surface area contributed by atoms with Crippen LogP contribution in [0.4, 0.5) is 0 Å². The van der Waals surface area contributed by atoms with Crippen LogP contribution in [0.5, 0.6) is 0 Å². The maximum atomic E-state index is 3.19. The molecule has 0 amide bonds. The van der Waals surface area contributed by atoms with Gasteiger partial charge in [0.2, 0.25) is 0 Å². The van der Waals surface area contributed by atoms with Crippen LogP contribution in [0, 0.1) is 11.8 Å². The molecule has 0 aliphatic carbocycles. The summed E-state index contributed by atoms with van der Waals surface area (Å²) < 4.78 is 0. The minimum Gasteiger partial charge on any atom is -0.320 e. The number of rotatable bonds is 7. The zero-order valence-electron chi connectivity index (χ0n) is 13.0. The van der Waals surface area contributed by atoms with Crippen LogP contribution in [0.3, 0.4) is 0 Å². The predicted molar refractivity (Wildman–Crippen MR) is 78.1 cm³/mol. The minimum atomic E-state index is 0.839. The fraction of sp³-hybridized carbons (Fsp3) is 1.00. The fourth-order valence-electron chi connectivity index (χ4n) is 1.31. The Morgan fingerprint density at radius 1 is 0.688 bits per heavy atom. The zero-order valence-corrected chi connectivity index (χ0v) is 13.0. The highest BCUT2D eigenvalue weighted by atomic mass is 14.8. The largest absolute Gasteiger partial charge is 0.320 e. The Morgan fingerprint density at radius 2 is 0.938 bits per heavy atom. The predicted octanol–water partition coefficient (Wildman–Crippen LogP) is 3.53. The van der Waals surface area contributed by atoms with Gasteiger partial charge in [0.15, 0.2) is 0 Å². The summed E-state index contributed by atoms with van der Waals surface area (Å²) in [5.74, 6) is 1.68. The molecule has 0 aromatic rings. The van der Waals surface area contributed by atoms with Gasteiger partial charge in [-0.15, -0.1) is 0 Å². The molecule has 2 atom stereocenters. The van der Waals surface area contributed by atoms with E-state index < -0.39 is 0 Å². The van der Waals surface area contributed by atoms with Gasteiger partial charge in [-0.2, -0.15) is 0 Å². The molecule has 2 heteroatoms. The Bertz CT molecular complexity index is 82.7. The Morgan fingerprint density at radius 3 is 1.12 bits per heavy atom. The highest BCUT2D eigenvalue weighted by Gasteiger charge is 2.10. The minimum absolute atomic E-state index is 0.839. The van der Waals surface area contributed by atoms with E-state index in [0.717, 1.165) is 24.9 Å². The number of hydrogen-bond donors (Lipinski definition) is 2. The summed E-state index contributed by atoms with van der Waals surface area (Å²) in [6, 6.07) is 0. The second kappa shape index (κ2) is 20.3. The van der Waals surface area contributed by atoms with E-state index in [9.17, 15) is 0 Å². The van der Waals surface area contributed by atoms with Crippen molar-refractivity contribution in [1.29, 1.82) is 0 Å². The van der Waals surface area contributed by atoms with Crippen molar-refractivity contribution >= 4 is 0 Å². The van der Waals surface area contributed by atoms with Gasteiger partial charge >= 0.3 is 0 Å². The molecule has 16 heavy (non-hydrogen) atoms. The molecular formula is C14H36N2. The lowest BCUT2D eigenvalue weighted by molar-refractivity contribution is 0.339. The first kappa shape index (κ1) is 21.2. The summed E-state index contributed by atoms with van der Waals surface area (Å²) in [6.45, 7) is 15.0. The lowest BCUT2D eigenvalue weighted by Gasteiger charge is -2.19. The van der Waals surface area contributed by atoms with Gasteiger partial charge in [0, 0.05) is 0 Å². The molecule has 0 saturated carbocycles. The van der Waals surface area contributed by atoms with E-state index in [0.29, 0.717) is 0 Å². The van der Waals surface area contributed by atoms with Crippen LogP contribution in [-0.4, -0.2) is 27.2 Å². The summed E-state index contributed by atoms with van der Waals surface area (Å²) in [6.07, 6.45) is 2.59. The van der Waals surface area contributed by atoms with E-state index in [4.69, 9.17) is 0 Å². The van der Waals surface area contributed by atoms with Gasteiger partial charge < -0.3 is 10.6 Å². The summed E-state index contributed by atoms with van der Waals surface area (Å²) in [7, 11) is 4.04. The van der Waals surface area contributed by atoms with Gasteiger partial charge in [0.1, 0.15) is 0 Å². The van der Waals surface area contributed by atoms with Crippen molar-refractivity contribution in [2.24, 2.45) is 11.8 Å². The molecule has 0 spiro atoms. The monoisotopic (exact) mass is 232 g/mol. The molecule has 0 aromatic heterocycles. The second-order valence-corrected chi connectivity index (χ2v) is 3.74. The molecule has 102 valence electrons. The van der Waals surface area contributed by atoms with Crippen LogP contribution in [0.1, 0.15) is 54.4 Å². The molecule has 0 rings (SSSR count). The SMILES string of the molecule is CC.CC.CNCCC(C)C(C)CCNC. The molecule has 0 radical (unpaired) electrons. The van der Waals surface area contributed by atoms with Crippen molar-refractivity contribution < 1.29 is 0 Å². The van der Waals surface area contributed by atoms with Gasteiger partial charge in [0.05, 0.1) is 0 Å². The van der Waals surface area contributed by atoms with Gasteiger partial charge in [-0.05, 0) is 51.9 Å². The van der Waals surface area contributed by atoms with E-state index >= 15 is 0 Å². The molecule has 2 N–H and O–H groups in total. The molecule has 0 bridgehead atoms. The lowest BCUT2D eigenvalue weighted by atomic mass is 9.90. The highest BCUT2D eigenvalue weighted by Crippen LogP contribution is 2.17. The van der Waals surface area contributed by atoms with Crippen molar-refractivity contribution in [3.8, 4) is 0 Å². The highest BCUT2D eigenvalue weighted by molar-refractivity contribution is 4.63. The molecule has 0 fully saturated rings. The molecule has 0 saturated heterocycles. The van der Waals surface area contributed by atoms with Crippen molar-refractivity contribution in [2.75, 3.05) is 27.2 Å². The van der Waals surface area contributed by atoms with E-state index in [2.05, 4.69) is 24.5 Å². The maximum absolute atomic E-state index is 3.19. The Hall–Kier alpha value is -0.0800. The van der Waals surface area contributed by atoms with Gasteiger partial charge in [0.25, 0.3) is 0 Å². The Labute approximate surface area is 105 Å². The second-order valence-electron chi connectivity index (χ2n) is 3.74. The fourth-order valence-corrected chi connectivity index (χ4v) is 1.31. The van der Waals surface area contributed by atoms with Gasteiger partial charge in [-0.3, -0.25) is 0 Å². The van der Waals surface area contributed by atoms with Crippen LogP contribution in [0.15, 0.2) is 0 Å². The third-order valence-electron chi connectivity index (χ3n) is 2.67. The first-order valence-electron chi connectivity index (χ1n) is 7.01. The van der Waals surface area contributed by atoms with Crippen molar-refractivity contribution in [1.82, 2.24) is 10.6 Å². The zero-order chi connectivity index (χ0) is 13.4. The Kier molecular flexibility index (Phi) is 27.0. The lowest BCUT2D eigenvalue weighted by Crippen LogP contribution is -2.19. The van der Waals surface area contributed by atoms with Crippen LogP contribution in [0.25, 0.3) is 0 Å². The van der Waals surface area contributed by atoms with Crippen molar-refractivity contribution in [3.63, 3.8) is 0 Å². The third-order valence-corrected chi connectivity index (χ3v) is 2.67. The van der Waals surface area contributed by atoms with Crippen LogP contribution in [0.2, 0.25) is 0 Å². The maximum Gasteiger partial charge on any atom is -0.00493 e. The van der Waals surface area contributed by atoms with E-state index in [1.807, 2.05) is 41.8 Å². The van der Waals surface area contributed by atoms with Crippen molar-refractivity contribution in [3.05, 3.63) is 0 Å². The Balaban J connectivity index is -0.000000376. The smallest absolute Gasteiger partial charge is 0.00493 e. The average Bonchev–Trinajstić information content (AvgIpc) is 2.37. The average molecular weight is 232 g/mol. The number of nitrogens with one attached hydrogen (secondary N) is 2. The van der Waals surface area contributed by atoms with Gasteiger partial charge in [-0.25, -0.2) is 0 Å². The van der Waals surface area contributed by atoms with E-state index in [1.54, 1.807) is 0 Å². The van der Waals surface area contributed by atoms with Crippen molar-refractivity contribution in [2.45, 2.75) is 54.4 Å². The normalized spacial score (nSPS) is 12.8. The third kappa shape index (κ3) is 16.4. The molecule has 0 aliphatic heterocycles. The summed E-state index contributed by atoms with van der Waals surface area (Å²) in [5.41, 5.74) is 0. The molecule has 2 nitrogen and oxygen atoms in total. The van der Waals surface area contributed by atoms with E-state index in [1.165, 1.54) is 12.8 Å². The first-order valence-corrected chi connectivity index (χ1v) is 7.01. The summed E-state index contributed by atoms with van der Waals surface area (Å²) in [4.78, 5) is 0. The van der Waals surface area contributed by atoms with E-state index in [-0.39, 0.29) is 0 Å². The quantitative estimate of drug-likeness (QED) is 0.702. The summed E-state index contributed by atoms with van der Waals surface area (Å²) in [5, 5.41) is 6.39. The molecule has 2 unspecified atom stereocenters.